The van der Waals surface area contributed by atoms with Gasteiger partial charge in [0.1, 0.15) is 5.54 Å². The molecule has 0 aromatic heterocycles. The van der Waals surface area contributed by atoms with E-state index in [9.17, 15) is 18.0 Å². The van der Waals surface area contributed by atoms with Gasteiger partial charge in [0.25, 0.3) is 5.91 Å². The van der Waals surface area contributed by atoms with Gasteiger partial charge >= 0.3 is 6.03 Å². The SMILES string of the molecule is CC1(CS(=O)(=O)c2ccc(C#Cc3ccccc3)cc2)NC(=O)NC1=O. The summed E-state index contributed by atoms with van der Waals surface area (Å²) < 4.78 is 25.1. The molecule has 0 saturated carbocycles. The average Bonchev–Trinajstić information content (AvgIpc) is 2.85. The minimum atomic E-state index is -3.77. The zero-order valence-electron chi connectivity index (χ0n) is 13.9. The maximum atomic E-state index is 12.6. The molecule has 0 aliphatic carbocycles. The number of imide groups is 1. The van der Waals surface area contributed by atoms with Crippen LogP contribution in [0.4, 0.5) is 4.79 Å². The summed E-state index contributed by atoms with van der Waals surface area (Å²) in [7, 11) is -3.77. The van der Waals surface area contributed by atoms with Crippen molar-refractivity contribution in [2.75, 3.05) is 5.75 Å². The van der Waals surface area contributed by atoms with Crippen LogP contribution >= 0.6 is 0 Å². The van der Waals surface area contributed by atoms with Crippen LogP contribution < -0.4 is 10.6 Å². The number of hydrogen-bond acceptors (Lipinski definition) is 4. The highest BCUT2D eigenvalue weighted by Crippen LogP contribution is 2.19. The van der Waals surface area contributed by atoms with E-state index in [1.165, 1.54) is 19.1 Å². The largest absolute Gasteiger partial charge is 0.322 e. The summed E-state index contributed by atoms with van der Waals surface area (Å²) in [4.78, 5) is 23.2. The van der Waals surface area contributed by atoms with E-state index in [0.717, 1.165) is 5.56 Å². The molecule has 7 heteroatoms. The van der Waals surface area contributed by atoms with Crippen molar-refractivity contribution < 1.29 is 18.0 Å². The van der Waals surface area contributed by atoms with Gasteiger partial charge in [-0.25, -0.2) is 13.2 Å². The smallest absolute Gasteiger partial charge is 0.322 e. The van der Waals surface area contributed by atoms with Crippen molar-refractivity contribution in [3.63, 3.8) is 0 Å². The lowest BCUT2D eigenvalue weighted by molar-refractivity contribution is -0.122. The Bertz CT molecular complexity index is 1020. The third kappa shape index (κ3) is 3.76. The molecule has 1 aliphatic heterocycles. The van der Waals surface area contributed by atoms with Gasteiger partial charge in [-0.3, -0.25) is 10.1 Å². The summed E-state index contributed by atoms with van der Waals surface area (Å²) in [6.07, 6.45) is 0. The third-order valence-electron chi connectivity index (χ3n) is 3.93. The summed E-state index contributed by atoms with van der Waals surface area (Å²) >= 11 is 0. The molecule has 1 heterocycles. The number of rotatable bonds is 3. The summed E-state index contributed by atoms with van der Waals surface area (Å²) in [5.41, 5.74) is 0.0489. The Morgan fingerprint density at radius 1 is 0.923 bits per heavy atom. The molecule has 6 nitrogen and oxygen atoms in total. The fourth-order valence-electron chi connectivity index (χ4n) is 2.56. The molecule has 1 atom stereocenters. The predicted octanol–water partition coefficient (Wildman–Crippen LogP) is 1.46. The molecular weight excluding hydrogens is 352 g/mol. The minimum Gasteiger partial charge on any atom is -0.322 e. The molecule has 1 saturated heterocycles. The maximum Gasteiger partial charge on any atom is 0.322 e. The normalized spacial score (nSPS) is 19.3. The molecule has 0 radical (unpaired) electrons. The molecule has 132 valence electrons. The standard InChI is InChI=1S/C19H16N2O4S/c1-19(17(22)20-18(23)21-19)13-26(24,25)16-11-9-15(10-12-16)8-7-14-5-3-2-4-6-14/h2-6,9-12H,13H2,1H3,(H2,20,21,22,23). The zero-order valence-corrected chi connectivity index (χ0v) is 14.8. The highest BCUT2D eigenvalue weighted by molar-refractivity contribution is 7.91. The second-order valence-electron chi connectivity index (χ2n) is 6.14. The van der Waals surface area contributed by atoms with Gasteiger partial charge in [-0.1, -0.05) is 30.0 Å². The van der Waals surface area contributed by atoms with Crippen LogP contribution in [0.25, 0.3) is 0 Å². The lowest BCUT2D eigenvalue weighted by Crippen LogP contribution is -2.49. The van der Waals surface area contributed by atoms with Crippen molar-refractivity contribution >= 4 is 21.8 Å². The number of carbonyl (C=O) groups is 2. The van der Waals surface area contributed by atoms with Crippen LogP contribution in [0.15, 0.2) is 59.5 Å². The lowest BCUT2D eigenvalue weighted by Gasteiger charge is -2.20. The van der Waals surface area contributed by atoms with Gasteiger partial charge in [0.05, 0.1) is 10.6 Å². The Balaban J connectivity index is 1.79. The van der Waals surface area contributed by atoms with Gasteiger partial charge in [0.2, 0.25) is 0 Å². The van der Waals surface area contributed by atoms with E-state index < -0.39 is 33.1 Å². The van der Waals surface area contributed by atoms with Crippen LogP contribution in [0.3, 0.4) is 0 Å². The molecule has 3 amide bonds. The summed E-state index contributed by atoms with van der Waals surface area (Å²) in [5, 5.41) is 4.41. The fourth-order valence-corrected chi connectivity index (χ4v) is 4.24. The monoisotopic (exact) mass is 368 g/mol. The van der Waals surface area contributed by atoms with Crippen molar-refractivity contribution in [1.82, 2.24) is 10.6 Å². The number of hydrogen-bond donors (Lipinski definition) is 2. The van der Waals surface area contributed by atoms with Crippen LogP contribution in [0.1, 0.15) is 18.1 Å². The Morgan fingerprint density at radius 3 is 2.04 bits per heavy atom. The van der Waals surface area contributed by atoms with Crippen molar-refractivity contribution in [2.24, 2.45) is 0 Å². The number of amides is 3. The molecule has 1 aliphatic rings. The summed E-state index contributed by atoms with van der Waals surface area (Å²) in [6.45, 7) is 1.38. The first-order valence-electron chi connectivity index (χ1n) is 7.82. The molecule has 3 rings (SSSR count). The number of sulfone groups is 1. The van der Waals surface area contributed by atoms with Gasteiger partial charge < -0.3 is 5.32 Å². The van der Waals surface area contributed by atoms with Crippen LogP contribution in [-0.2, 0) is 14.6 Å². The van der Waals surface area contributed by atoms with Crippen LogP contribution in [-0.4, -0.2) is 31.6 Å². The average molecular weight is 368 g/mol. The van der Waals surface area contributed by atoms with Crippen molar-refractivity contribution in [1.29, 1.82) is 0 Å². The molecule has 2 aromatic carbocycles. The molecule has 1 fully saturated rings. The van der Waals surface area contributed by atoms with E-state index in [1.54, 1.807) is 12.1 Å². The molecule has 0 bridgehead atoms. The number of nitrogens with one attached hydrogen (secondary N) is 2. The molecule has 1 unspecified atom stereocenters. The number of benzene rings is 2. The fraction of sp³-hybridized carbons (Fsp3) is 0.158. The van der Waals surface area contributed by atoms with Crippen molar-refractivity contribution in [3.8, 4) is 11.8 Å². The molecular formula is C19H16N2O4S. The quantitative estimate of drug-likeness (QED) is 0.634. The first-order valence-corrected chi connectivity index (χ1v) is 9.47. The van der Waals surface area contributed by atoms with Crippen molar-refractivity contribution in [3.05, 3.63) is 65.7 Å². The zero-order chi connectivity index (χ0) is 18.8. The van der Waals surface area contributed by atoms with Gasteiger partial charge in [0.15, 0.2) is 9.84 Å². The topological polar surface area (TPSA) is 92.3 Å². The van der Waals surface area contributed by atoms with Gasteiger partial charge in [0, 0.05) is 11.1 Å². The van der Waals surface area contributed by atoms with Gasteiger partial charge in [-0.05, 0) is 43.3 Å². The van der Waals surface area contributed by atoms with E-state index in [2.05, 4.69) is 22.5 Å². The Kier molecular flexibility index (Phi) is 4.53. The highest BCUT2D eigenvalue weighted by atomic mass is 32.2. The number of urea groups is 1. The summed E-state index contributed by atoms with van der Waals surface area (Å²) in [5.74, 6) is 4.78. The van der Waals surface area contributed by atoms with E-state index in [-0.39, 0.29) is 4.90 Å². The predicted molar refractivity (Wildman–Crippen MR) is 96.0 cm³/mol. The number of carbonyl (C=O) groups excluding carboxylic acids is 2. The first kappa shape index (κ1) is 17.7. The third-order valence-corrected chi connectivity index (χ3v) is 5.88. The second-order valence-corrected chi connectivity index (χ2v) is 8.13. The Labute approximate surface area is 151 Å². The van der Waals surface area contributed by atoms with Gasteiger partial charge in [-0.15, -0.1) is 0 Å². The second kappa shape index (κ2) is 6.65. The Morgan fingerprint density at radius 2 is 1.50 bits per heavy atom. The molecule has 2 aromatic rings. The van der Waals surface area contributed by atoms with Gasteiger partial charge in [-0.2, -0.15) is 0 Å². The summed E-state index contributed by atoms with van der Waals surface area (Å²) in [6, 6.07) is 14.9. The van der Waals surface area contributed by atoms with E-state index in [4.69, 9.17) is 0 Å². The van der Waals surface area contributed by atoms with E-state index in [0.29, 0.717) is 5.56 Å². The molecule has 2 N–H and O–H groups in total. The highest BCUT2D eigenvalue weighted by Gasteiger charge is 2.45. The Hall–Kier alpha value is -3.11. The molecule has 26 heavy (non-hydrogen) atoms. The van der Waals surface area contributed by atoms with E-state index in [1.807, 2.05) is 30.3 Å². The maximum absolute atomic E-state index is 12.6. The van der Waals surface area contributed by atoms with E-state index >= 15 is 0 Å². The van der Waals surface area contributed by atoms with Crippen LogP contribution in [0, 0.1) is 11.8 Å². The molecule has 0 spiro atoms. The lowest BCUT2D eigenvalue weighted by atomic mass is 10.1. The van der Waals surface area contributed by atoms with Crippen LogP contribution in [0.5, 0.6) is 0 Å². The first-order chi connectivity index (χ1) is 12.3. The van der Waals surface area contributed by atoms with Crippen LogP contribution in [0.2, 0.25) is 0 Å². The minimum absolute atomic E-state index is 0.0675. The van der Waals surface area contributed by atoms with Crippen molar-refractivity contribution in [2.45, 2.75) is 17.4 Å².